The molecule has 0 saturated heterocycles. The van der Waals surface area contributed by atoms with E-state index in [0.29, 0.717) is 27.2 Å². The second kappa shape index (κ2) is 7.68. The summed E-state index contributed by atoms with van der Waals surface area (Å²) in [6, 6.07) is 11.5. The van der Waals surface area contributed by atoms with Crippen LogP contribution in [0.2, 0.25) is 5.02 Å². The zero-order chi connectivity index (χ0) is 18.7. The third kappa shape index (κ3) is 4.09. The Morgan fingerprint density at radius 3 is 2.69 bits per heavy atom. The van der Waals surface area contributed by atoms with Gasteiger partial charge in [0.25, 0.3) is 5.56 Å². The number of ketones is 1. The first-order chi connectivity index (χ1) is 12.4. The van der Waals surface area contributed by atoms with Gasteiger partial charge < -0.3 is 9.84 Å². The zero-order valence-electron chi connectivity index (χ0n) is 14.1. The molecule has 1 atom stereocenters. The van der Waals surface area contributed by atoms with Crippen molar-refractivity contribution in [1.29, 1.82) is 0 Å². The summed E-state index contributed by atoms with van der Waals surface area (Å²) < 4.78 is 6.84. The largest absolute Gasteiger partial charge is 0.491 e. The van der Waals surface area contributed by atoms with E-state index >= 15 is 0 Å². The number of rotatable bonds is 6. The second-order valence-electron chi connectivity index (χ2n) is 5.91. The predicted octanol–water partition coefficient (Wildman–Crippen LogP) is 2.69. The fourth-order valence-electron chi connectivity index (χ4n) is 2.52. The van der Waals surface area contributed by atoms with Crippen molar-refractivity contribution in [3.63, 3.8) is 0 Å². The third-order valence-electron chi connectivity index (χ3n) is 3.90. The molecule has 1 heterocycles. The molecule has 0 radical (unpaired) electrons. The van der Waals surface area contributed by atoms with E-state index < -0.39 is 6.10 Å². The zero-order valence-corrected chi connectivity index (χ0v) is 14.8. The van der Waals surface area contributed by atoms with Crippen LogP contribution in [0.1, 0.15) is 17.3 Å². The van der Waals surface area contributed by atoms with E-state index in [-0.39, 0.29) is 24.5 Å². The maximum absolute atomic E-state index is 12.4. The molecule has 3 aromatic rings. The molecule has 0 aliphatic heterocycles. The number of carbonyl (C=O) groups excluding carboxylic acids is 1. The first kappa shape index (κ1) is 18.1. The molecule has 26 heavy (non-hydrogen) atoms. The number of fused-ring (bicyclic) bond motifs is 1. The molecule has 0 saturated carbocycles. The van der Waals surface area contributed by atoms with Crippen molar-refractivity contribution < 1.29 is 14.6 Å². The molecule has 1 aromatic heterocycles. The maximum Gasteiger partial charge on any atom is 0.261 e. The van der Waals surface area contributed by atoms with Crippen molar-refractivity contribution in [3.05, 3.63) is 69.7 Å². The Morgan fingerprint density at radius 1 is 1.27 bits per heavy atom. The molecule has 2 aromatic carbocycles. The molecular formula is C19H17ClN2O4. The van der Waals surface area contributed by atoms with E-state index in [4.69, 9.17) is 16.3 Å². The van der Waals surface area contributed by atoms with Gasteiger partial charge in [-0.2, -0.15) is 0 Å². The number of aromatic nitrogens is 2. The molecule has 6 nitrogen and oxygen atoms in total. The van der Waals surface area contributed by atoms with Crippen molar-refractivity contribution in [2.45, 2.75) is 19.6 Å². The highest BCUT2D eigenvalue weighted by Gasteiger charge is 2.11. The first-order valence-electron chi connectivity index (χ1n) is 8.00. The number of benzene rings is 2. The summed E-state index contributed by atoms with van der Waals surface area (Å²) in [5.74, 6) is 0.508. The van der Waals surface area contributed by atoms with Crippen LogP contribution in [0.4, 0.5) is 0 Å². The van der Waals surface area contributed by atoms with E-state index in [1.165, 1.54) is 17.8 Å². The molecule has 0 fully saturated rings. The minimum atomic E-state index is -0.897. The molecule has 0 unspecified atom stereocenters. The molecule has 0 spiro atoms. The summed E-state index contributed by atoms with van der Waals surface area (Å²) in [6.45, 7) is 1.54. The summed E-state index contributed by atoms with van der Waals surface area (Å²) in [4.78, 5) is 27.9. The van der Waals surface area contributed by atoms with E-state index in [9.17, 15) is 14.7 Å². The standard InChI is InChI=1S/C19H17ClN2O4/c1-12(23)13-2-5-16(6-3-13)26-10-15(24)9-22-11-21-18-8-14(20)4-7-17(18)19(22)25/h2-8,11,15,24H,9-10H2,1H3/t15-/m0/s1. The smallest absolute Gasteiger partial charge is 0.261 e. The van der Waals surface area contributed by atoms with Crippen molar-refractivity contribution in [1.82, 2.24) is 9.55 Å². The summed E-state index contributed by atoms with van der Waals surface area (Å²) in [7, 11) is 0. The van der Waals surface area contributed by atoms with Crippen molar-refractivity contribution >= 4 is 28.3 Å². The van der Waals surface area contributed by atoms with Gasteiger partial charge >= 0.3 is 0 Å². The Labute approximate surface area is 154 Å². The molecule has 0 bridgehead atoms. The molecule has 3 rings (SSSR count). The predicted molar refractivity (Wildman–Crippen MR) is 99.0 cm³/mol. The number of carbonyl (C=O) groups is 1. The van der Waals surface area contributed by atoms with E-state index in [1.807, 2.05) is 0 Å². The molecule has 7 heteroatoms. The lowest BCUT2D eigenvalue weighted by Gasteiger charge is -2.14. The Hall–Kier alpha value is -2.70. The minimum Gasteiger partial charge on any atom is -0.491 e. The average molecular weight is 373 g/mol. The van der Waals surface area contributed by atoms with Crippen LogP contribution in [-0.2, 0) is 6.54 Å². The molecular weight excluding hydrogens is 356 g/mol. The lowest BCUT2D eigenvalue weighted by molar-refractivity contribution is 0.0914. The van der Waals surface area contributed by atoms with Gasteiger partial charge in [0.2, 0.25) is 0 Å². The quantitative estimate of drug-likeness (QED) is 0.673. The number of hydrogen-bond donors (Lipinski definition) is 1. The number of aliphatic hydroxyl groups is 1. The van der Waals surface area contributed by atoms with Crippen LogP contribution in [0, 0.1) is 0 Å². The summed E-state index contributed by atoms with van der Waals surface area (Å²) >= 11 is 5.90. The SMILES string of the molecule is CC(=O)c1ccc(OC[C@@H](O)Cn2cnc3cc(Cl)ccc3c2=O)cc1. The normalized spacial score (nSPS) is 12.1. The topological polar surface area (TPSA) is 81.4 Å². The highest BCUT2D eigenvalue weighted by Crippen LogP contribution is 2.15. The molecule has 0 aliphatic carbocycles. The highest BCUT2D eigenvalue weighted by molar-refractivity contribution is 6.31. The maximum atomic E-state index is 12.4. The van der Waals surface area contributed by atoms with E-state index in [1.54, 1.807) is 42.5 Å². The van der Waals surface area contributed by atoms with Crippen LogP contribution < -0.4 is 10.3 Å². The molecule has 0 amide bonds. The summed E-state index contributed by atoms with van der Waals surface area (Å²) in [5.41, 5.74) is 0.846. The van der Waals surface area contributed by atoms with Crippen LogP contribution in [-0.4, -0.2) is 33.2 Å². The lowest BCUT2D eigenvalue weighted by atomic mass is 10.1. The van der Waals surface area contributed by atoms with Crippen molar-refractivity contribution in [2.24, 2.45) is 0 Å². The second-order valence-corrected chi connectivity index (χ2v) is 6.35. The number of hydrogen-bond acceptors (Lipinski definition) is 5. The Bertz CT molecular complexity index is 999. The monoisotopic (exact) mass is 372 g/mol. The molecule has 0 aliphatic rings. The number of Topliss-reactive ketones (excluding diaryl/α,β-unsaturated/α-hetero) is 1. The number of halogens is 1. The fourth-order valence-corrected chi connectivity index (χ4v) is 2.69. The lowest BCUT2D eigenvalue weighted by Crippen LogP contribution is -2.30. The van der Waals surface area contributed by atoms with Gasteiger partial charge in [0.05, 0.1) is 23.8 Å². The van der Waals surface area contributed by atoms with Gasteiger partial charge in [-0.05, 0) is 49.4 Å². The Morgan fingerprint density at radius 2 is 2.00 bits per heavy atom. The summed E-state index contributed by atoms with van der Waals surface area (Å²) in [6.07, 6.45) is 0.484. The van der Waals surface area contributed by atoms with Gasteiger partial charge in [-0.1, -0.05) is 11.6 Å². The average Bonchev–Trinajstić information content (AvgIpc) is 2.62. The van der Waals surface area contributed by atoms with Gasteiger partial charge in [0.15, 0.2) is 5.78 Å². The minimum absolute atomic E-state index is 0.00448. The van der Waals surface area contributed by atoms with Crippen LogP contribution in [0.5, 0.6) is 5.75 Å². The molecule has 134 valence electrons. The van der Waals surface area contributed by atoms with Crippen LogP contribution in [0.25, 0.3) is 10.9 Å². The van der Waals surface area contributed by atoms with Crippen LogP contribution in [0.15, 0.2) is 53.6 Å². The van der Waals surface area contributed by atoms with E-state index in [2.05, 4.69) is 4.98 Å². The van der Waals surface area contributed by atoms with Crippen molar-refractivity contribution in [3.8, 4) is 5.75 Å². The first-order valence-corrected chi connectivity index (χ1v) is 8.38. The van der Waals surface area contributed by atoms with Gasteiger partial charge in [-0.25, -0.2) is 4.98 Å². The fraction of sp³-hybridized carbons (Fsp3) is 0.211. The van der Waals surface area contributed by atoms with Crippen LogP contribution >= 0.6 is 11.6 Å². The molecule has 1 N–H and O–H groups in total. The van der Waals surface area contributed by atoms with Crippen molar-refractivity contribution in [2.75, 3.05) is 6.61 Å². The third-order valence-corrected chi connectivity index (χ3v) is 4.13. The number of ether oxygens (including phenoxy) is 1. The number of aliphatic hydroxyl groups excluding tert-OH is 1. The van der Waals surface area contributed by atoms with Crippen LogP contribution in [0.3, 0.4) is 0 Å². The summed E-state index contributed by atoms with van der Waals surface area (Å²) in [5, 5.41) is 11.1. The Balaban J connectivity index is 1.66. The highest BCUT2D eigenvalue weighted by atomic mass is 35.5. The van der Waals surface area contributed by atoms with Gasteiger partial charge in [-0.15, -0.1) is 0 Å². The Kier molecular flexibility index (Phi) is 5.35. The van der Waals surface area contributed by atoms with Gasteiger partial charge in [0.1, 0.15) is 18.5 Å². The van der Waals surface area contributed by atoms with Gasteiger partial charge in [-0.3, -0.25) is 14.2 Å². The number of nitrogens with zero attached hydrogens (tertiary/aromatic N) is 2. The van der Waals surface area contributed by atoms with E-state index in [0.717, 1.165) is 0 Å². The van der Waals surface area contributed by atoms with Gasteiger partial charge in [0, 0.05) is 10.6 Å².